The Morgan fingerprint density at radius 1 is 1.07 bits per heavy atom. The van der Waals surface area contributed by atoms with E-state index in [9.17, 15) is 9.59 Å². The molecule has 1 amide bonds. The lowest BCUT2D eigenvalue weighted by atomic mass is 10.1. The van der Waals surface area contributed by atoms with Crippen LogP contribution in [-0.4, -0.2) is 19.9 Å². The number of anilines is 1. The molecule has 4 aromatic rings. The molecule has 2 heterocycles. The third-order valence-electron chi connectivity index (χ3n) is 5.53. The first-order valence-corrected chi connectivity index (χ1v) is 9.77. The molecular weight excluding hydrogens is 364 g/mol. The van der Waals surface area contributed by atoms with E-state index < -0.39 is 0 Å². The van der Waals surface area contributed by atoms with E-state index in [-0.39, 0.29) is 18.0 Å². The van der Waals surface area contributed by atoms with Crippen molar-refractivity contribution in [1.29, 1.82) is 0 Å². The van der Waals surface area contributed by atoms with Crippen LogP contribution in [0.1, 0.15) is 29.3 Å². The molecule has 2 aromatic heterocycles. The topological polar surface area (TPSA) is 68.4 Å². The van der Waals surface area contributed by atoms with Crippen molar-refractivity contribution in [1.82, 2.24) is 14.0 Å². The molecule has 6 nitrogen and oxygen atoms in total. The lowest BCUT2D eigenvalue weighted by molar-refractivity contribution is -0.116. The number of nitrogens with one attached hydrogen (secondary N) is 1. The molecule has 2 aromatic carbocycles. The van der Waals surface area contributed by atoms with Gasteiger partial charge in [0, 0.05) is 16.9 Å². The van der Waals surface area contributed by atoms with Crippen molar-refractivity contribution in [2.45, 2.75) is 40.7 Å². The van der Waals surface area contributed by atoms with Gasteiger partial charge < -0.3 is 9.88 Å². The zero-order valence-corrected chi connectivity index (χ0v) is 17.1. The Hall–Kier alpha value is -3.41. The summed E-state index contributed by atoms with van der Waals surface area (Å²) < 4.78 is 3.45. The average molecular weight is 388 g/mol. The Labute approximate surface area is 168 Å². The quantitative estimate of drug-likeness (QED) is 0.579. The monoisotopic (exact) mass is 388 g/mol. The van der Waals surface area contributed by atoms with Gasteiger partial charge in [0.1, 0.15) is 6.54 Å². The molecule has 0 spiro atoms. The average Bonchev–Trinajstić information content (AvgIpc) is 3.08. The van der Waals surface area contributed by atoms with Gasteiger partial charge in [0.2, 0.25) is 11.7 Å². The summed E-state index contributed by atoms with van der Waals surface area (Å²) >= 11 is 0. The van der Waals surface area contributed by atoms with E-state index in [2.05, 4.69) is 10.3 Å². The van der Waals surface area contributed by atoms with Crippen molar-refractivity contribution in [2.75, 3.05) is 5.32 Å². The minimum Gasteiger partial charge on any atom is -0.325 e. The summed E-state index contributed by atoms with van der Waals surface area (Å²) in [5.41, 5.74) is 5.95. The van der Waals surface area contributed by atoms with E-state index in [1.807, 2.05) is 74.7 Å². The molecule has 0 unspecified atom stereocenters. The summed E-state index contributed by atoms with van der Waals surface area (Å²) in [5.74, 6) is 0.331. The Balaban J connectivity index is 1.81. The predicted molar refractivity (Wildman–Crippen MR) is 116 cm³/mol. The Morgan fingerprint density at radius 3 is 2.55 bits per heavy atom. The highest BCUT2D eigenvalue weighted by atomic mass is 16.2. The normalized spacial score (nSPS) is 11.3. The van der Waals surface area contributed by atoms with E-state index in [4.69, 9.17) is 0 Å². The molecule has 0 aliphatic rings. The molecule has 0 aliphatic carbocycles. The first kappa shape index (κ1) is 18.9. The summed E-state index contributed by atoms with van der Waals surface area (Å²) in [7, 11) is 0. The van der Waals surface area contributed by atoms with Gasteiger partial charge in [-0.2, -0.15) is 0 Å². The highest BCUT2D eigenvalue weighted by Gasteiger charge is 2.18. The molecule has 0 bridgehead atoms. The number of hydrogen-bond acceptors (Lipinski definition) is 3. The van der Waals surface area contributed by atoms with Gasteiger partial charge in [0.05, 0.1) is 11.0 Å². The smallest absolute Gasteiger partial charge is 0.262 e. The maximum atomic E-state index is 13.1. The van der Waals surface area contributed by atoms with E-state index in [1.165, 1.54) is 5.56 Å². The van der Waals surface area contributed by atoms with Crippen LogP contribution in [0, 0.1) is 20.8 Å². The third kappa shape index (κ3) is 3.20. The number of hydrogen-bond donors (Lipinski definition) is 1. The van der Waals surface area contributed by atoms with Gasteiger partial charge in [-0.25, -0.2) is 9.38 Å². The van der Waals surface area contributed by atoms with Crippen molar-refractivity contribution in [3.05, 3.63) is 75.2 Å². The van der Waals surface area contributed by atoms with Gasteiger partial charge in [-0.1, -0.05) is 25.1 Å². The summed E-state index contributed by atoms with van der Waals surface area (Å²) in [6.45, 7) is 7.97. The largest absolute Gasteiger partial charge is 0.325 e. The van der Waals surface area contributed by atoms with E-state index in [0.717, 1.165) is 28.0 Å². The molecule has 0 fully saturated rings. The molecule has 6 heteroatoms. The number of carbonyl (C=O) groups is 1. The van der Waals surface area contributed by atoms with Crippen LogP contribution in [0.25, 0.3) is 16.8 Å². The van der Waals surface area contributed by atoms with Crippen LogP contribution in [0.3, 0.4) is 0 Å². The van der Waals surface area contributed by atoms with E-state index >= 15 is 0 Å². The van der Waals surface area contributed by atoms with Gasteiger partial charge in [-0.05, 0) is 62.6 Å². The minimum atomic E-state index is -0.156. The van der Waals surface area contributed by atoms with Crippen molar-refractivity contribution in [3.8, 4) is 0 Å². The summed E-state index contributed by atoms with van der Waals surface area (Å²) in [4.78, 5) is 30.5. The number of aromatic nitrogens is 3. The molecular formula is C23H24N4O2. The molecule has 0 atom stereocenters. The highest BCUT2D eigenvalue weighted by molar-refractivity contribution is 5.91. The molecule has 0 saturated carbocycles. The van der Waals surface area contributed by atoms with Crippen molar-refractivity contribution in [3.63, 3.8) is 0 Å². The van der Waals surface area contributed by atoms with Gasteiger partial charge in [-0.15, -0.1) is 0 Å². The number of nitrogens with zero attached hydrogens (tertiary/aromatic N) is 3. The summed E-state index contributed by atoms with van der Waals surface area (Å²) in [5, 5.41) is 2.96. The zero-order chi connectivity index (χ0) is 20.7. The number of amides is 1. The second-order valence-electron chi connectivity index (χ2n) is 7.39. The van der Waals surface area contributed by atoms with Crippen molar-refractivity contribution in [2.24, 2.45) is 0 Å². The Morgan fingerprint density at radius 2 is 1.83 bits per heavy atom. The molecule has 1 N–H and O–H groups in total. The molecule has 0 saturated heterocycles. The van der Waals surface area contributed by atoms with Crippen LogP contribution >= 0.6 is 0 Å². The second-order valence-corrected chi connectivity index (χ2v) is 7.39. The minimum absolute atomic E-state index is 0.0699. The first-order chi connectivity index (χ1) is 13.9. The van der Waals surface area contributed by atoms with E-state index in [0.29, 0.717) is 17.8 Å². The van der Waals surface area contributed by atoms with Crippen LogP contribution in [0.2, 0.25) is 0 Å². The number of carbonyl (C=O) groups excluding carboxylic acids is 1. The number of fused-ring (bicyclic) bond motifs is 3. The molecule has 4 rings (SSSR count). The van der Waals surface area contributed by atoms with E-state index in [1.54, 1.807) is 4.40 Å². The SMILES string of the molecule is CCc1c(C)n(CC(=O)Nc2ccc(C)c(C)c2)c2nc3ccccc3n2c1=O. The number of benzene rings is 2. The lowest BCUT2D eigenvalue weighted by Gasteiger charge is -2.16. The molecule has 0 aliphatic heterocycles. The fourth-order valence-electron chi connectivity index (χ4n) is 3.76. The van der Waals surface area contributed by atoms with Crippen LogP contribution in [0.4, 0.5) is 5.69 Å². The number of imidazole rings is 1. The maximum absolute atomic E-state index is 13.1. The van der Waals surface area contributed by atoms with Crippen molar-refractivity contribution >= 4 is 28.4 Å². The zero-order valence-electron chi connectivity index (χ0n) is 17.1. The lowest BCUT2D eigenvalue weighted by Crippen LogP contribution is -2.28. The predicted octanol–water partition coefficient (Wildman–Crippen LogP) is 3.78. The van der Waals surface area contributed by atoms with Crippen LogP contribution < -0.4 is 10.9 Å². The number of para-hydroxylation sites is 2. The molecule has 29 heavy (non-hydrogen) atoms. The van der Waals surface area contributed by atoms with Crippen molar-refractivity contribution < 1.29 is 4.79 Å². The second kappa shape index (κ2) is 7.20. The standard InChI is InChI=1S/C23H24N4O2/c1-5-18-16(4)26(13-21(28)24-17-11-10-14(2)15(3)12-17)23-25-19-8-6-7-9-20(19)27(23)22(18)29/h6-12H,5,13H2,1-4H3,(H,24,28). The van der Waals surface area contributed by atoms with Gasteiger partial charge >= 0.3 is 0 Å². The fourth-order valence-corrected chi connectivity index (χ4v) is 3.76. The van der Waals surface area contributed by atoms with Crippen LogP contribution in [-0.2, 0) is 17.8 Å². The molecule has 0 radical (unpaired) electrons. The third-order valence-corrected chi connectivity index (χ3v) is 5.53. The number of aryl methyl sites for hydroxylation is 2. The van der Waals surface area contributed by atoms with Crippen LogP contribution in [0.15, 0.2) is 47.3 Å². The maximum Gasteiger partial charge on any atom is 0.262 e. The Bertz CT molecular complexity index is 1310. The Kier molecular flexibility index (Phi) is 4.70. The highest BCUT2D eigenvalue weighted by Crippen LogP contribution is 2.19. The summed E-state index contributed by atoms with van der Waals surface area (Å²) in [6.07, 6.45) is 0.589. The van der Waals surface area contributed by atoms with Gasteiger partial charge in [0.15, 0.2) is 0 Å². The fraction of sp³-hybridized carbons (Fsp3) is 0.261. The van der Waals surface area contributed by atoms with Crippen LogP contribution in [0.5, 0.6) is 0 Å². The van der Waals surface area contributed by atoms with Gasteiger partial charge in [-0.3, -0.25) is 9.59 Å². The first-order valence-electron chi connectivity index (χ1n) is 9.77. The molecule has 148 valence electrons. The number of rotatable bonds is 4. The summed E-state index contributed by atoms with van der Waals surface area (Å²) in [6, 6.07) is 13.4. The van der Waals surface area contributed by atoms with Gasteiger partial charge in [0.25, 0.3) is 5.56 Å².